The van der Waals surface area contributed by atoms with Crippen molar-refractivity contribution >= 4 is 5.91 Å². The van der Waals surface area contributed by atoms with Gasteiger partial charge in [-0.25, -0.2) is 0 Å². The molecule has 1 saturated carbocycles. The average molecular weight is 361 g/mol. The molecule has 1 N–H and O–H groups in total. The van der Waals surface area contributed by atoms with Crippen molar-refractivity contribution in [2.75, 3.05) is 26.2 Å². The predicted molar refractivity (Wildman–Crippen MR) is 97.4 cm³/mol. The molecule has 1 atom stereocenters. The van der Waals surface area contributed by atoms with E-state index in [9.17, 15) is 9.90 Å². The lowest BCUT2D eigenvalue weighted by molar-refractivity contribution is -0.137. The van der Waals surface area contributed by atoms with E-state index < -0.39 is 0 Å². The highest BCUT2D eigenvalue weighted by molar-refractivity contribution is 5.85. The van der Waals surface area contributed by atoms with Crippen LogP contribution in [-0.2, 0) is 18.4 Å². The standard InChI is InChI=1S/C19H31N5O2/c1-19(7-8-19)18(26)24-9-3-4-14(12-24)17-21-20-16(22(17)2)13-23-10-5-15(25)6-11-23/h14-15,25H,3-13H2,1-2H3/t14-/m0/s1. The molecule has 1 aromatic rings. The van der Waals surface area contributed by atoms with Gasteiger partial charge in [0, 0.05) is 44.6 Å². The molecule has 26 heavy (non-hydrogen) atoms. The van der Waals surface area contributed by atoms with E-state index >= 15 is 0 Å². The summed E-state index contributed by atoms with van der Waals surface area (Å²) in [5.74, 6) is 2.60. The van der Waals surface area contributed by atoms with Crippen LogP contribution in [0.1, 0.15) is 63.0 Å². The Morgan fingerprint density at radius 3 is 2.62 bits per heavy atom. The maximum Gasteiger partial charge on any atom is 0.228 e. The Kier molecular flexibility index (Phi) is 4.77. The van der Waals surface area contributed by atoms with Crippen LogP contribution in [0.15, 0.2) is 0 Å². The van der Waals surface area contributed by atoms with Gasteiger partial charge in [0.05, 0.1) is 12.6 Å². The SMILES string of the molecule is Cn1c(CN2CCC(O)CC2)nnc1[C@H]1CCCN(C(=O)C2(C)CC2)C1. The summed E-state index contributed by atoms with van der Waals surface area (Å²) < 4.78 is 2.13. The number of aliphatic hydroxyl groups excluding tert-OH is 1. The molecule has 0 radical (unpaired) electrons. The van der Waals surface area contributed by atoms with Crippen molar-refractivity contribution in [2.45, 2.75) is 64.0 Å². The van der Waals surface area contributed by atoms with E-state index in [0.717, 1.165) is 82.9 Å². The summed E-state index contributed by atoms with van der Waals surface area (Å²) in [4.78, 5) is 17.1. The van der Waals surface area contributed by atoms with Crippen molar-refractivity contribution in [3.63, 3.8) is 0 Å². The van der Waals surface area contributed by atoms with E-state index in [1.807, 2.05) is 7.05 Å². The molecule has 0 unspecified atom stereocenters. The van der Waals surface area contributed by atoms with Crippen LogP contribution in [-0.4, -0.2) is 67.9 Å². The van der Waals surface area contributed by atoms with Gasteiger partial charge in [-0.15, -0.1) is 10.2 Å². The fourth-order valence-corrected chi connectivity index (χ4v) is 4.30. The fraction of sp³-hybridized carbons (Fsp3) is 0.842. The van der Waals surface area contributed by atoms with Crippen molar-refractivity contribution in [3.05, 3.63) is 11.6 Å². The molecule has 7 heteroatoms. The third kappa shape index (κ3) is 3.51. The topological polar surface area (TPSA) is 74.5 Å². The van der Waals surface area contributed by atoms with E-state index in [1.165, 1.54) is 0 Å². The van der Waals surface area contributed by atoms with Crippen molar-refractivity contribution in [2.24, 2.45) is 12.5 Å². The summed E-state index contributed by atoms with van der Waals surface area (Å²) in [5, 5.41) is 18.6. The molecule has 0 bridgehead atoms. The number of amides is 1. The van der Waals surface area contributed by atoms with Crippen molar-refractivity contribution < 1.29 is 9.90 Å². The van der Waals surface area contributed by atoms with Gasteiger partial charge >= 0.3 is 0 Å². The highest BCUT2D eigenvalue weighted by Gasteiger charge is 2.47. The Labute approximate surface area is 155 Å². The van der Waals surface area contributed by atoms with E-state index in [2.05, 4.69) is 31.5 Å². The molecule has 3 heterocycles. The van der Waals surface area contributed by atoms with E-state index in [4.69, 9.17) is 0 Å². The van der Waals surface area contributed by atoms with Gasteiger partial charge in [-0.2, -0.15) is 0 Å². The molecule has 4 rings (SSSR count). The Hall–Kier alpha value is -1.47. The first-order valence-electron chi connectivity index (χ1n) is 10.0. The van der Waals surface area contributed by atoms with Gasteiger partial charge in [0.15, 0.2) is 0 Å². The van der Waals surface area contributed by atoms with Crippen molar-refractivity contribution in [1.82, 2.24) is 24.6 Å². The maximum absolute atomic E-state index is 12.7. The number of carbonyl (C=O) groups excluding carboxylic acids is 1. The Morgan fingerprint density at radius 2 is 1.92 bits per heavy atom. The molecule has 144 valence electrons. The van der Waals surface area contributed by atoms with Gasteiger partial charge in [-0.3, -0.25) is 9.69 Å². The highest BCUT2D eigenvalue weighted by atomic mass is 16.3. The smallest absolute Gasteiger partial charge is 0.228 e. The Balaban J connectivity index is 1.41. The molecule has 2 saturated heterocycles. The summed E-state index contributed by atoms with van der Waals surface area (Å²) in [6.07, 6.45) is 5.70. The number of rotatable bonds is 4. The largest absolute Gasteiger partial charge is 0.393 e. The Bertz CT molecular complexity index is 661. The molecular formula is C19H31N5O2. The molecule has 3 aliphatic rings. The van der Waals surface area contributed by atoms with Crippen LogP contribution in [0, 0.1) is 5.41 Å². The molecular weight excluding hydrogens is 330 g/mol. The lowest BCUT2D eigenvalue weighted by Gasteiger charge is -2.34. The number of aliphatic hydroxyl groups is 1. The Morgan fingerprint density at radius 1 is 1.19 bits per heavy atom. The van der Waals surface area contributed by atoms with Crippen molar-refractivity contribution in [1.29, 1.82) is 0 Å². The number of hydrogen-bond donors (Lipinski definition) is 1. The summed E-state index contributed by atoms with van der Waals surface area (Å²) in [7, 11) is 2.05. The van der Waals surface area contributed by atoms with E-state index in [-0.39, 0.29) is 17.4 Å². The predicted octanol–water partition coefficient (Wildman–Crippen LogP) is 1.28. The molecule has 7 nitrogen and oxygen atoms in total. The number of likely N-dealkylation sites (tertiary alicyclic amines) is 2. The van der Waals surface area contributed by atoms with Crippen molar-refractivity contribution in [3.8, 4) is 0 Å². The summed E-state index contributed by atoms with van der Waals surface area (Å²) in [6.45, 7) is 6.35. The van der Waals surface area contributed by atoms with Gasteiger partial charge in [0.25, 0.3) is 0 Å². The molecule has 1 amide bonds. The van der Waals surface area contributed by atoms with Crippen LogP contribution < -0.4 is 0 Å². The molecule has 3 fully saturated rings. The second kappa shape index (κ2) is 6.93. The van der Waals surface area contributed by atoms with Gasteiger partial charge in [-0.1, -0.05) is 6.92 Å². The summed E-state index contributed by atoms with van der Waals surface area (Å²) in [6, 6.07) is 0. The van der Waals surface area contributed by atoms with Crippen LogP contribution in [0.25, 0.3) is 0 Å². The number of piperidine rings is 2. The number of carbonyl (C=O) groups is 1. The van der Waals surface area contributed by atoms with Gasteiger partial charge in [-0.05, 0) is 38.5 Å². The zero-order valence-electron chi connectivity index (χ0n) is 16.0. The van der Waals surface area contributed by atoms with Gasteiger partial charge in [0.2, 0.25) is 5.91 Å². The maximum atomic E-state index is 12.7. The molecule has 2 aliphatic heterocycles. The first-order valence-corrected chi connectivity index (χ1v) is 10.0. The number of hydrogen-bond acceptors (Lipinski definition) is 5. The zero-order valence-corrected chi connectivity index (χ0v) is 16.0. The van der Waals surface area contributed by atoms with Gasteiger partial charge in [0.1, 0.15) is 11.6 Å². The second-order valence-corrected chi connectivity index (χ2v) is 8.69. The number of aromatic nitrogens is 3. The van der Waals surface area contributed by atoms with Crippen LogP contribution in [0.4, 0.5) is 0 Å². The normalized spacial score (nSPS) is 26.9. The lowest BCUT2D eigenvalue weighted by Crippen LogP contribution is -2.43. The molecule has 0 aromatic carbocycles. The summed E-state index contributed by atoms with van der Waals surface area (Å²) >= 11 is 0. The van der Waals surface area contributed by atoms with E-state index in [0.29, 0.717) is 5.91 Å². The van der Waals surface area contributed by atoms with E-state index in [1.54, 1.807) is 0 Å². The van der Waals surface area contributed by atoms with Crippen LogP contribution in [0.2, 0.25) is 0 Å². The monoisotopic (exact) mass is 361 g/mol. The summed E-state index contributed by atoms with van der Waals surface area (Å²) in [5.41, 5.74) is -0.0915. The molecule has 1 aromatic heterocycles. The minimum Gasteiger partial charge on any atom is -0.393 e. The number of nitrogens with zero attached hydrogens (tertiary/aromatic N) is 5. The third-order valence-electron chi connectivity index (χ3n) is 6.51. The first-order chi connectivity index (χ1) is 12.5. The lowest BCUT2D eigenvalue weighted by atomic mass is 9.95. The minimum atomic E-state index is -0.152. The zero-order chi connectivity index (χ0) is 18.3. The second-order valence-electron chi connectivity index (χ2n) is 8.69. The quantitative estimate of drug-likeness (QED) is 0.874. The highest BCUT2D eigenvalue weighted by Crippen LogP contribution is 2.47. The first kappa shape index (κ1) is 17.9. The molecule has 0 spiro atoms. The van der Waals surface area contributed by atoms with Gasteiger partial charge < -0.3 is 14.6 Å². The molecule has 1 aliphatic carbocycles. The third-order valence-corrected chi connectivity index (χ3v) is 6.51. The fourth-order valence-electron chi connectivity index (χ4n) is 4.30. The van der Waals surface area contributed by atoms with Crippen LogP contribution in [0.5, 0.6) is 0 Å². The van der Waals surface area contributed by atoms with Crippen LogP contribution in [0.3, 0.4) is 0 Å². The minimum absolute atomic E-state index is 0.0915. The average Bonchev–Trinajstić information content (AvgIpc) is 3.30. The van der Waals surface area contributed by atoms with Crippen LogP contribution >= 0.6 is 0 Å².